The third-order valence-corrected chi connectivity index (χ3v) is 4.28. The van der Waals surface area contributed by atoms with E-state index < -0.39 is 0 Å². The molecule has 2 N–H and O–H groups in total. The number of nitrogens with two attached hydrogens (primary N) is 1. The summed E-state index contributed by atoms with van der Waals surface area (Å²) in [5, 5.41) is 0. The van der Waals surface area contributed by atoms with E-state index in [0.29, 0.717) is 12.5 Å². The number of likely N-dealkylation sites (tertiary alicyclic amines) is 1. The Hall–Kier alpha value is -1.84. The molecule has 2 atom stereocenters. The second-order valence-corrected chi connectivity index (χ2v) is 5.96. The summed E-state index contributed by atoms with van der Waals surface area (Å²) in [6, 6.07) is 19.2. The van der Waals surface area contributed by atoms with Crippen LogP contribution < -0.4 is 10.5 Å². The van der Waals surface area contributed by atoms with Crippen molar-refractivity contribution in [1.82, 2.24) is 4.90 Å². The lowest BCUT2D eigenvalue weighted by Gasteiger charge is -2.16. The summed E-state index contributed by atoms with van der Waals surface area (Å²) < 4.78 is 5.58. The van der Waals surface area contributed by atoms with Crippen LogP contribution in [0.3, 0.4) is 0 Å². The quantitative estimate of drug-likeness (QED) is 0.922. The van der Waals surface area contributed by atoms with Gasteiger partial charge < -0.3 is 10.5 Å². The average molecular weight is 296 g/mol. The van der Waals surface area contributed by atoms with Crippen LogP contribution >= 0.6 is 0 Å². The normalized spacial score (nSPS) is 21.9. The molecule has 2 aromatic rings. The van der Waals surface area contributed by atoms with Gasteiger partial charge in [-0.15, -0.1) is 0 Å². The zero-order chi connectivity index (χ0) is 15.4. The molecule has 0 saturated carbocycles. The Morgan fingerprint density at radius 2 is 1.91 bits per heavy atom. The molecule has 1 heterocycles. The topological polar surface area (TPSA) is 38.5 Å². The molecule has 0 bridgehead atoms. The van der Waals surface area contributed by atoms with Gasteiger partial charge in [-0.1, -0.05) is 42.5 Å². The fourth-order valence-electron chi connectivity index (χ4n) is 3.25. The lowest BCUT2D eigenvalue weighted by atomic mass is 9.95. The van der Waals surface area contributed by atoms with E-state index in [1.807, 2.05) is 13.0 Å². The third kappa shape index (κ3) is 3.49. The Morgan fingerprint density at radius 1 is 1.09 bits per heavy atom. The van der Waals surface area contributed by atoms with Gasteiger partial charge in [-0.25, -0.2) is 0 Å². The van der Waals surface area contributed by atoms with Crippen molar-refractivity contribution in [3.05, 3.63) is 65.7 Å². The van der Waals surface area contributed by atoms with Crippen LogP contribution in [0.4, 0.5) is 0 Å². The standard InChI is InChI=1S/C19H24N2O/c1-2-22-17-10-6-7-15(11-17)12-21-13-18(19(20)14-21)16-8-4-3-5-9-16/h3-11,18-19H,2,12-14,20H2,1H3/t18-,19+/m0/s1. The highest BCUT2D eigenvalue weighted by molar-refractivity contribution is 5.29. The van der Waals surface area contributed by atoms with E-state index in [-0.39, 0.29) is 6.04 Å². The number of ether oxygens (including phenoxy) is 1. The molecular weight excluding hydrogens is 272 g/mol. The molecule has 3 rings (SSSR count). The van der Waals surface area contributed by atoms with Gasteiger partial charge in [-0.2, -0.15) is 0 Å². The zero-order valence-electron chi connectivity index (χ0n) is 13.1. The molecule has 22 heavy (non-hydrogen) atoms. The van der Waals surface area contributed by atoms with Crippen LogP contribution in [0.2, 0.25) is 0 Å². The van der Waals surface area contributed by atoms with Gasteiger partial charge in [0.25, 0.3) is 0 Å². The third-order valence-electron chi connectivity index (χ3n) is 4.28. The Morgan fingerprint density at radius 3 is 2.68 bits per heavy atom. The molecule has 1 aliphatic heterocycles. The molecule has 2 aromatic carbocycles. The van der Waals surface area contributed by atoms with Crippen LogP contribution in [-0.2, 0) is 6.54 Å². The van der Waals surface area contributed by atoms with E-state index in [9.17, 15) is 0 Å². The minimum atomic E-state index is 0.206. The van der Waals surface area contributed by atoms with Crippen molar-refractivity contribution in [3.63, 3.8) is 0 Å². The van der Waals surface area contributed by atoms with E-state index in [4.69, 9.17) is 10.5 Å². The van der Waals surface area contributed by atoms with Gasteiger partial charge >= 0.3 is 0 Å². The highest BCUT2D eigenvalue weighted by atomic mass is 16.5. The van der Waals surface area contributed by atoms with Crippen LogP contribution in [0, 0.1) is 0 Å². The van der Waals surface area contributed by atoms with Crippen molar-refractivity contribution in [2.24, 2.45) is 5.73 Å². The summed E-state index contributed by atoms with van der Waals surface area (Å²) in [5.41, 5.74) is 9.00. The Balaban J connectivity index is 1.66. The van der Waals surface area contributed by atoms with Crippen molar-refractivity contribution >= 4 is 0 Å². The molecule has 0 unspecified atom stereocenters. The maximum atomic E-state index is 6.37. The first-order valence-electron chi connectivity index (χ1n) is 8.01. The number of nitrogens with zero attached hydrogens (tertiary/aromatic N) is 1. The first kappa shape index (κ1) is 15.1. The highest BCUT2D eigenvalue weighted by Crippen LogP contribution is 2.27. The van der Waals surface area contributed by atoms with Gasteiger partial charge in [0.05, 0.1) is 6.61 Å². The van der Waals surface area contributed by atoms with Crippen molar-refractivity contribution in [2.75, 3.05) is 19.7 Å². The van der Waals surface area contributed by atoms with E-state index in [0.717, 1.165) is 25.4 Å². The largest absolute Gasteiger partial charge is 0.494 e. The van der Waals surface area contributed by atoms with Gasteiger partial charge in [-0.05, 0) is 30.2 Å². The molecule has 1 fully saturated rings. The van der Waals surface area contributed by atoms with Crippen molar-refractivity contribution in [1.29, 1.82) is 0 Å². The van der Waals surface area contributed by atoms with E-state index in [1.54, 1.807) is 0 Å². The van der Waals surface area contributed by atoms with Gasteiger partial charge in [-0.3, -0.25) is 4.90 Å². The molecule has 0 aliphatic carbocycles. The smallest absolute Gasteiger partial charge is 0.119 e. The lowest BCUT2D eigenvalue weighted by Crippen LogP contribution is -2.28. The van der Waals surface area contributed by atoms with Crippen LogP contribution in [0.25, 0.3) is 0 Å². The number of benzene rings is 2. The summed E-state index contributed by atoms with van der Waals surface area (Å²) in [6.07, 6.45) is 0. The fraction of sp³-hybridized carbons (Fsp3) is 0.368. The Bertz CT molecular complexity index is 599. The van der Waals surface area contributed by atoms with Crippen LogP contribution in [0.5, 0.6) is 5.75 Å². The van der Waals surface area contributed by atoms with Crippen LogP contribution in [0.15, 0.2) is 54.6 Å². The summed E-state index contributed by atoms with van der Waals surface area (Å²) in [7, 11) is 0. The molecule has 0 amide bonds. The zero-order valence-corrected chi connectivity index (χ0v) is 13.1. The molecule has 116 valence electrons. The summed E-state index contributed by atoms with van der Waals surface area (Å²) in [5.74, 6) is 1.37. The Labute approximate surface area is 132 Å². The van der Waals surface area contributed by atoms with Crippen molar-refractivity contribution in [2.45, 2.75) is 25.4 Å². The SMILES string of the molecule is CCOc1cccc(CN2C[C@@H](N)[C@H](c3ccccc3)C2)c1. The van der Waals surface area contributed by atoms with Crippen molar-refractivity contribution < 1.29 is 4.74 Å². The van der Waals surface area contributed by atoms with Gasteiger partial charge in [0.15, 0.2) is 0 Å². The predicted octanol–water partition coefficient (Wildman–Crippen LogP) is 3.01. The molecule has 1 aliphatic rings. The van der Waals surface area contributed by atoms with Gasteiger partial charge in [0.1, 0.15) is 5.75 Å². The van der Waals surface area contributed by atoms with Gasteiger partial charge in [0, 0.05) is 31.6 Å². The molecule has 0 aromatic heterocycles. The number of rotatable bonds is 5. The molecule has 3 heteroatoms. The maximum absolute atomic E-state index is 6.37. The minimum absolute atomic E-state index is 0.206. The molecule has 1 saturated heterocycles. The van der Waals surface area contributed by atoms with Crippen LogP contribution in [-0.4, -0.2) is 30.6 Å². The monoisotopic (exact) mass is 296 g/mol. The number of hydrogen-bond donors (Lipinski definition) is 1. The first-order valence-corrected chi connectivity index (χ1v) is 8.01. The van der Waals surface area contributed by atoms with E-state index in [2.05, 4.69) is 53.4 Å². The lowest BCUT2D eigenvalue weighted by molar-refractivity contribution is 0.319. The molecule has 0 radical (unpaired) electrons. The summed E-state index contributed by atoms with van der Waals surface area (Å²) in [6.45, 7) is 5.60. The summed E-state index contributed by atoms with van der Waals surface area (Å²) in [4.78, 5) is 2.44. The second-order valence-electron chi connectivity index (χ2n) is 5.96. The average Bonchev–Trinajstić information content (AvgIpc) is 2.89. The molecular formula is C19H24N2O. The highest BCUT2D eigenvalue weighted by Gasteiger charge is 2.30. The number of hydrogen-bond acceptors (Lipinski definition) is 3. The minimum Gasteiger partial charge on any atom is -0.494 e. The fourth-order valence-corrected chi connectivity index (χ4v) is 3.25. The summed E-state index contributed by atoms with van der Waals surface area (Å²) >= 11 is 0. The van der Waals surface area contributed by atoms with Crippen LogP contribution in [0.1, 0.15) is 24.0 Å². The molecule has 0 spiro atoms. The molecule has 3 nitrogen and oxygen atoms in total. The maximum Gasteiger partial charge on any atom is 0.119 e. The Kier molecular flexibility index (Phi) is 4.76. The van der Waals surface area contributed by atoms with Gasteiger partial charge in [0.2, 0.25) is 0 Å². The van der Waals surface area contributed by atoms with E-state index in [1.165, 1.54) is 11.1 Å². The predicted molar refractivity (Wildman–Crippen MR) is 90.0 cm³/mol. The second kappa shape index (κ2) is 6.95. The van der Waals surface area contributed by atoms with Crippen molar-refractivity contribution in [3.8, 4) is 5.75 Å². The van der Waals surface area contributed by atoms with E-state index >= 15 is 0 Å². The first-order chi connectivity index (χ1) is 10.8.